The van der Waals surface area contributed by atoms with Crippen LogP contribution in [0.25, 0.3) is 10.6 Å². The predicted octanol–water partition coefficient (Wildman–Crippen LogP) is 4.42. The van der Waals surface area contributed by atoms with Crippen molar-refractivity contribution in [2.75, 3.05) is 0 Å². The van der Waals surface area contributed by atoms with Crippen LogP contribution in [0.5, 0.6) is 0 Å². The van der Waals surface area contributed by atoms with Crippen LogP contribution in [0.3, 0.4) is 0 Å². The molecule has 0 radical (unpaired) electrons. The molecule has 0 fully saturated rings. The lowest BCUT2D eigenvalue weighted by atomic mass is 10.1. The molecule has 0 aliphatic heterocycles. The molecular weight excluding hydrogens is 442 g/mol. The SMILES string of the molecule is Cc1ccc(S(=O)(=O)Cc2csc(-c3ccc(C(=O)NCc4cccnc4)cc3)n2)cc1. The molecule has 8 heteroatoms. The first-order valence-corrected chi connectivity index (χ1v) is 12.5. The topological polar surface area (TPSA) is 89.0 Å². The van der Waals surface area contributed by atoms with Crippen LogP contribution < -0.4 is 5.32 Å². The largest absolute Gasteiger partial charge is 0.348 e. The van der Waals surface area contributed by atoms with E-state index in [-0.39, 0.29) is 11.7 Å². The average molecular weight is 464 g/mol. The number of nitrogens with zero attached hydrogens (tertiary/aromatic N) is 2. The highest BCUT2D eigenvalue weighted by molar-refractivity contribution is 7.90. The second kappa shape index (κ2) is 9.42. The van der Waals surface area contributed by atoms with Crippen LogP contribution in [-0.2, 0) is 22.1 Å². The lowest BCUT2D eigenvalue weighted by Crippen LogP contribution is -2.22. The van der Waals surface area contributed by atoms with Crippen LogP contribution in [-0.4, -0.2) is 24.3 Å². The third kappa shape index (κ3) is 5.27. The minimum Gasteiger partial charge on any atom is -0.348 e. The Balaban J connectivity index is 1.41. The van der Waals surface area contributed by atoms with Gasteiger partial charge in [-0.05, 0) is 42.8 Å². The summed E-state index contributed by atoms with van der Waals surface area (Å²) in [5.74, 6) is -0.328. The zero-order valence-corrected chi connectivity index (χ0v) is 19.0. The maximum absolute atomic E-state index is 12.7. The number of benzene rings is 2. The summed E-state index contributed by atoms with van der Waals surface area (Å²) in [5, 5.41) is 5.33. The molecule has 4 aromatic rings. The van der Waals surface area contributed by atoms with Crippen molar-refractivity contribution >= 4 is 27.1 Å². The summed E-state index contributed by atoms with van der Waals surface area (Å²) >= 11 is 1.38. The second-order valence-electron chi connectivity index (χ2n) is 7.34. The van der Waals surface area contributed by atoms with E-state index < -0.39 is 9.84 Å². The van der Waals surface area contributed by atoms with E-state index in [1.165, 1.54) is 11.3 Å². The fourth-order valence-corrected chi connectivity index (χ4v) is 5.27. The van der Waals surface area contributed by atoms with Crippen molar-refractivity contribution in [3.8, 4) is 10.6 Å². The number of hydrogen-bond donors (Lipinski definition) is 1. The summed E-state index contributed by atoms with van der Waals surface area (Å²) in [5.41, 5.74) is 3.81. The summed E-state index contributed by atoms with van der Waals surface area (Å²) in [6.45, 7) is 2.32. The molecule has 0 unspecified atom stereocenters. The van der Waals surface area contributed by atoms with Crippen LogP contribution in [0.15, 0.2) is 83.3 Å². The number of rotatable bonds is 7. The van der Waals surface area contributed by atoms with Gasteiger partial charge in [-0.15, -0.1) is 11.3 Å². The molecule has 0 spiro atoms. The summed E-state index contributed by atoms with van der Waals surface area (Å²) in [4.78, 5) is 21.2. The molecule has 0 saturated heterocycles. The van der Waals surface area contributed by atoms with Gasteiger partial charge < -0.3 is 5.32 Å². The summed E-state index contributed by atoms with van der Waals surface area (Å²) in [6, 6.07) is 17.6. The van der Waals surface area contributed by atoms with Gasteiger partial charge in [0.1, 0.15) is 5.01 Å². The number of nitrogens with one attached hydrogen (secondary N) is 1. The van der Waals surface area contributed by atoms with Crippen LogP contribution in [0.1, 0.15) is 27.2 Å². The number of hydrogen-bond acceptors (Lipinski definition) is 6. The summed E-state index contributed by atoms with van der Waals surface area (Å²) < 4.78 is 25.3. The summed E-state index contributed by atoms with van der Waals surface area (Å²) in [6.07, 6.45) is 3.40. The number of pyridine rings is 1. The Morgan fingerprint density at radius 3 is 2.47 bits per heavy atom. The van der Waals surface area contributed by atoms with E-state index in [0.29, 0.717) is 27.7 Å². The Kier molecular flexibility index (Phi) is 6.43. The number of carbonyl (C=O) groups is 1. The molecule has 1 N–H and O–H groups in total. The zero-order chi connectivity index (χ0) is 22.6. The van der Waals surface area contributed by atoms with Crippen molar-refractivity contribution in [1.82, 2.24) is 15.3 Å². The monoisotopic (exact) mass is 463 g/mol. The average Bonchev–Trinajstić information content (AvgIpc) is 3.26. The number of thiazole rings is 1. The fraction of sp³-hybridized carbons (Fsp3) is 0.125. The highest BCUT2D eigenvalue weighted by atomic mass is 32.2. The highest BCUT2D eigenvalue weighted by Gasteiger charge is 2.18. The van der Waals surface area contributed by atoms with Crippen molar-refractivity contribution < 1.29 is 13.2 Å². The molecule has 2 aromatic carbocycles. The van der Waals surface area contributed by atoms with Gasteiger partial charge in [0, 0.05) is 35.4 Å². The first-order valence-electron chi connectivity index (χ1n) is 9.92. The molecule has 0 atom stereocenters. The van der Waals surface area contributed by atoms with Crippen LogP contribution in [0, 0.1) is 6.92 Å². The van der Waals surface area contributed by atoms with E-state index in [1.54, 1.807) is 54.2 Å². The second-order valence-corrected chi connectivity index (χ2v) is 10.2. The van der Waals surface area contributed by atoms with Gasteiger partial charge in [-0.2, -0.15) is 0 Å². The standard InChI is InChI=1S/C24H21N3O3S2/c1-17-4-10-22(11-5-17)32(29,30)16-21-15-31-24(27-21)20-8-6-19(7-9-20)23(28)26-14-18-3-2-12-25-13-18/h2-13,15H,14,16H2,1H3,(H,26,28). The van der Waals surface area contributed by atoms with E-state index in [2.05, 4.69) is 15.3 Å². The summed E-state index contributed by atoms with van der Waals surface area (Å²) in [7, 11) is -3.46. The van der Waals surface area contributed by atoms with Crippen molar-refractivity contribution in [2.24, 2.45) is 0 Å². The Hall–Kier alpha value is -3.36. The number of amides is 1. The minimum absolute atomic E-state index is 0.151. The molecule has 0 aliphatic carbocycles. The van der Waals surface area contributed by atoms with Crippen molar-refractivity contribution in [3.63, 3.8) is 0 Å². The van der Waals surface area contributed by atoms with Gasteiger partial charge in [0.2, 0.25) is 0 Å². The fourth-order valence-electron chi connectivity index (χ4n) is 3.08. The first-order chi connectivity index (χ1) is 15.4. The molecule has 162 valence electrons. The van der Waals surface area contributed by atoms with Gasteiger partial charge in [0.15, 0.2) is 9.84 Å². The molecule has 0 bridgehead atoms. The van der Waals surface area contributed by atoms with Gasteiger partial charge in [-0.25, -0.2) is 13.4 Å². The molecule has 0 saturated carbocycles. The van der Waals surface area contributed by atoms with Gasteiger partial charge in [0.25, 0.3) is 5.91 Å². The third-order valence-electron chi connectivity index (χ3n) is 4.84. The Bertz CT molecular complexity index is 1320. The van der Waals surface area contributed by atoms with E-state index in [0.717, 1.165) is 16.7 Å². The molecular formula is C24H21N3O3S2. The van der Waals surface area contributed by atoms with Gasteiger partial charge in [-0.1, -0.05) is 35.9 Å². The predicted molar refractivity (Wildman–Crippen MR) is 125 cm³/mol. The van der Waals surface area contributed by atoms with E-state index in [1.807, 2.05) is 31.2 Å². The molecule has 0 aliphatic rings. The minimum atomic E-state index is -3.46. The number of aromatic nitrogens is 2. The van der Waals surface area contributed by atoms with Crippen molar-refractivity contribution in [3.05, 3.63) is 101 Å². The van der Waals surface area contributed by atoms with Gasteiger partial charge in [-0.3, -0.25) is 9.78 Å². The molecule has 2 heterocycles. The zero-order valence-electron chi connectivity index (χ0n) is 17.4. The Morgan fingerprint density at radius 2 is 1.78 bits per heavy atom. The van der Waals surface area contributed by atoms with Crippen molar-refractivity contribution in [2.45, 2.75) is 24.1 Å². The smallest absolute Gasteiger partial charge is 0.251 e. The number of sulfone groups is 1. The van der Waals surface area contributed by atoms with Crippen LogP contribution in [0.4, 0.5) is 0 Å². The van der Waals surface area contributed by atoms with Crippen LogP contribution in [0.2, 0.25) is 0 Å². The lowest BCUT2D eigenvalue weighted by Gasteiger charge is -2.06. The first kappa shape index (κ1) is 21.9. The highest BCUT2D eigenvalue weighted by Crippen LogP contribution is 2.26. The van der Waals surface area contributed by atoms with E-state index in [9.17, 15) is 13.2 Å². The maximum atomic E-state index is 12.7. The maximum Gasteiger partial charge on any atom is 0.251 e. The quantitative estimate of drug-likeness (QED) is 0.438. The normalized spacial score (nSPS) is 11.3. The van der Waals surface area contributed by atoms with Crippen LogP contribution >= 0.6 is 11.3 Å². The van der Waals surface area contributed by atoms with E-state index >= 15 is 0 Å². The van der Waals surface area contributed by atoms with Gasteiger partial charge in [0.05, 0.1) is 16.3 Å². The Labute approximate surface area is 190 Å². The van der Waals surface area contributed by atoms with Crippen molar-refractivity contribution in [1.29, 1.82) is 0 Å². The molecule has 1 amide bonds. The third-order valence-corrected chi connectivity index (χ3v) is 7.45. The molecule has 32 heavy (non-hydrogen) atoms. The molecule has 6 nitrogen and oxygen atoms in total. The van der Waals surface area contributed by atoms with Gasteiger partial charge >= 0.3 is 0 Å². The Morgan fingerprint density at radius 1 is 1.03 bits per heavy atom. The molecule has 4 rings (SSSR count). The molecule has 2 aromatic heterocycles. The van der Waals surface area contributed by atoms with E-state index in [4.69, 9.17) is 0 Å². The lowest BCUT2D eigenvalue weighted by molar-refractivity contribution is 0.0951. The number of carbonyl (C=O) groups excluding carboxylic acids is 1. The number of aryl methyl sites for hydroxylation is 1.